The third-order valence-electron chi connectivity index (χ3n) is 3.72. The van der Waals surface area contributed by atoms with Gasteiger partial charge in [0.05, 0.1) is 28.7 Å². The molecule has 3 aromatic rings. The molecule has 0 radical (unpaired) electrons. The molecule has 26 heavy (non-hydrogen) atoms. The summed E-state index contributed by atoms with van der Waals surface area (Å²) >= 11 is 7.51. The van der Waals surface area contributed by atoms with Crippen molar-refractivity contribution >= 4 is 40.2 Å². The lowest BCUT2D eigenvalue weighted by Gasteiger charge is -2.14. The second-order valence-corrected chi connectivity index (χ2v) is 6.90. The van der Waals surface area contributed by atoms with E-state index < -0.39 is 5.91 Å². The first kappa shape index (κ1) is 18.3. The smallest absolute Gasteiger partial charge is 0.266 e. The van der Waals surface area contributed by atoms with Gasteiger partial charge in [-0.3, -0.25) is 14.2 Å². The monoisotopic (exact) mass is 389 g/mol. The average Bonchev–Trinajstić information content (AvgIpc) is 2.61. The van der Waals surface area contributed by atoms with Crippen LogP contribution in [0.5, 0.6) is 5.75 Å². The van der Waals surface area contributed by atoms with E-state index >= 15 is 0 Å². The number of carbonyl (C=O) groups is 1. The Bertz CT molecular complexity index is 1040. The summed E-state index contributed by atoms with van der Waals surface area (Å²) in [4.78, 5) is 28.7. The summed E-state index contributed by atoms with van der Waals surface area (Å²) in [6, 6.07) is 12.2. The van der Waals surface area contributed by atoms with Crippen molar-refractivity contribution in [2.24, 2.45) is 5.73 Å². The number of hydrogen-bond acceptors (Lipinski definition) is 5. The minimum absolute atomic E-state index is 0.191. The van der Waals surface area contributed by atoms with Crippen LogP contribution in [-0.4, -0.2) is 28.3 Å². The first-order chi connectivity index (χ1) is 12.5. The van der Waals surface area contributed by atoms with Crippen molar-refractivity contribution in [3.05, 3.63) is 57.8 Å². The lowest BCUT2D eigenvalue weighted by Crippen LogP contribution is -2.22. The van der Waals surface area contributed by atoms with E-state index in [2.05, 4.69) is 4.98 Å². The molecule has 6 nitrogen and oxygen atoms in total. The second kappa shape index (κ2) is 7.80. The molecular weight excluding hydrogens is 374 g/mol. The van der Waals surface area contributed by atoms with Gasteiger partial charge in [0.15, 0.2) is 5.16 Å². The largest absolute Gasteiger partial charge is 0.495 e. The summed E-state index contributed by atoms with van der Waals surface area (Å²) in [5.41, 5.74) is 6.16. The normalized spacial score (nSPS) is 10.8. The molecule has 1 amide bonds. The van der Waals surface area contributed by atoms with Crippen LogP contribution in [0.15, 0.2) is 52.4 Å². The fourth-order valence-corrected chi connectivity index (χ4v) is 3.69. The van der Waals surface area contributed by atoms with Gasteiger partial charge in [-0.15, -0.1) is 0 Å². The molecule has 0 unspecified atom stereocenters. The van der Waals surface area contributed by atoms with Gasteiger partial charge in [0.2, 0.25) is 5.91 Å². The maximum atomic E-state index is 13.1. The maximum Gasteiger partial charge on any atom is 0.266 e. The molecule has 0 aliphatic heterocycles. The highest BCUT2D eigenvalue weighted by Gasteiger charge is 2.15. The van der Waals surface area contributed by atoms with Gasteiger partial charge in [-0.05, 0) is 30.3 Å². The number of methoxy groups -OCH3 is 1. The number of ether oxygens (including phenoxy) is 1. The van der Waals surface area contributed by atoms with Crippen LogP contribution in [0.4, 0.5) is 0 Å². The average molecular weight is 390 g/mol. The minimum atomic E-state index is -0.403. The number of thioether (sulfide) groups is 1. The molecule has 0 saturated carbocycles. The predicted molar refractivity (Wildman–Crippen MR) is 103 cm³/mol. The van der Waals surface area contributed by atoms with Crippen LogP contribution in [0.2, 0.25) is 5.02 Å². The summed E-state index contributed by atoms with van der Waals surface area (Å²) in [5.74, 6) is 0.532. The first-order valence-corrected chi connectivity index (χ1v) is 9.14. The first-order valence-electron chi connectivity index (χ1n) is 7.78. The maximum absolute atomic E-state index is 13.1. The Hall–Kier alpha value is -2.51. The van der Waals surface area contributed by atoms with Gasteiger partial charge in [-0.25, -0.2) is 4.98 Å². The van der Waals surface area contributed by atoms with Crippen molar-refractivity contribution in [1.82, 2.24) is 9.55 Å². The van der Waals surface area contributed by atoms with E-state index in [1.54, 1.807) is 36.4 Å². The zero-order valence-electron chi connectivity index (χ0n) is 13.9. The number of nitrogens with two attached hydrogens (primary N) is 1. The Morgan fingerprint density at radius 1 is 1.31 bits per heavy atom. The number of carbonyl (C=O) groups excluding carboxylic acids is 1. The SMILES string of the molecule is COc1ccc(-n2c(SCCC(N)=O)nc3ccccc3c2=O)cc1Cl. The number of fused-ring (bicyclic) bond motifs is 1. The van der Waals surface area contributed by atoms with Gasteiger partial charge >= 0.3 is 0 Å². The van der Waals surface area contributed by atoms with Gasteiger partial charge in [-0.2, -0.15) is 0 Å². The number of benzene rings is 2. The predicted octanol–water partition coefficient (Wildman–Crippen LogP) is 3.02. The number of primary amides is 1. The third kappa shape index (κ3) is 3.68. The lowest BCUT2D eigenvalue weighted by atomic mass is 10.2. The molecule has 134 valence electrons. The molecule has 0 fully saturated rings. The van der Waals surface area contributed by atoms with Crippen molar-refractivity contribution in [3.63, 3.8) is 0 Å². The molecule has 0 atom stereocenters. The van der Waals surface area contributed by atoms with E-state index in [9.17, 15) is 9.59 Å². The highest BCUT2D eigenvalue weighted by molar-refractivity contribution is 7.99. The number of amides is 1. The molecular formula is C18H16ClN3O3S. The zero-order chi connectivity index (χ0) is 18.7. The van der Waals surface area contributed by atoms with Crippen LogP contribution >= 0.6 is 23.4 Å². The summed E-state index contributed by atoms with van der Waals surface area (Å²) in [7, 11) is 1.52. The van der Waals surface area contributed by atoms with Crippen LogP contribution in [-0.2, 0) is 4.79 Å². The molecule has 3 rings (SSSR count). The van der Waals surface area contributed by atoms with Crippen molar-refractivity contribution in [2.45, 2.75) is 11.6 Å². The van der Waals surface area contributed by atoms with Gasteiger partial charge in [0.1, 0.15) is 5.75 Å². The van der Waals surface area contributed by atoms with Crippen LogP contribution in [0.25, 0.3) is 16.6 Å². The molecule has 0 aliphatic carbocycles. The number of aromatic nitrogens is 2. The van der Waals surface area contributed by atoms with Gasteiger partial charge in [0.25, 0.3) is 5.56 Å². The number of para-hydroxylation sites is 1. The van der Waals surface area contributed by atoms with E-state index in [1.807, 2.05) is 6.07 Å². The molecule has 0 bridgehead atoms. The summed E-state index contributed by atoms with van der Waals surface area (Å²) in [6.07, 6.45) is 0.191. The highest BCUT2D eigenvalue weighted by Crippen LogP contribution is 2.28. The van der Waals surface area contributed by atoms with Gasteiger partial charge in [-0.1, -0.05) is 35.5 Å². The van der Waals surface area contributed by atoms with Gasteiger partial charge < -0.3 is 10.5 Å². The third-order valence-corrected chi connectivity index (χ3v) is 4.95. The fraction of sp³-hybridized carbons (Fsp3) is 0.167. The van der Waals surface area contributed by atoms with Crippen LogP contribution in [0, 0.1) is 0 Å². The quantitative estimate of drug-likeness (QED) is 0.517. The highest BCUT2D eigenvalue weighted by atomic mass is 35.5. The summed E-state index contributed by atoms with van der Waals surface area (Å²) in [5, 5.41) is 1.35. The van der Waals surface area contributed by atoms with E-state index in [0.717, 1.165) is 0 Å². The van der Waals surface area contributed by atoms with Crippen molar-refractivity contribution in [1.29, 1.82) is 0 Å². The van der Waals surface area contributed by atoms with Crippen LogP contribution in [0.1, 0.15) is 6.42 Å². The fourth-order valence-electron chi connectivity index (χ4n) is 2.47. The Kier molecular flexibility index (Phi) is 5.49. The van der Waals surface area contributed by atoms with E-state index in [4.69, 9.17) is 22.1 Å². The zero-order valence-corrected chi connectivity index (χ0v) is 15.5. The van der Waals surface area contributed by atoms with Crippen molar-refractivity contribution < 1.29 is 9.53 Å². The molecule has 0 spiro atoms. The molecule has 0 aliphatic rings. The number of hydrogen-bond donors (Lipinski definition) is 1. The van der Waals surface area contributed by atoms with Crippen LogP contribution in [0.3, 0.4) is 0 Å². The van der Waals surface area contributed by atoms with E-state index in [0.29, 0.717) is 38.3 Å². The Balaban J connectivity index is 2.17. The minimum Gasteiger partial charge on any atom is -0.495 e. The molecule has 2 N–H and O–H groups in total. The summed E-state index contributed by atoms with van der Waals surface area (Å²) in [6.45, 7) is 0. The van der Waals surface area contributed by atoms with Crippen LogP contribution < -0.4 is 16.0 Å². The standard InChI is InChI=1S/C18H16ClN3O3S/c1-25-15-7-6-11(10-13(15)19)22-17(24)12-4-2-3-5-14(12)21-18(22)26-9-8-16(20)23/h2-7,10H,8-9H2,1H3,(H2,20,23). The number of halogens is 1. The second-order valence-electron chi connectivity index (χ2n) is 5.44. The lowest BCUT2D eigenvalue weighted by molar-refractivity contribution is -0.117. The Morgan fingerprint density at radius 2 is 2.08 bits per heavy atom. The molecule has 2 aromatic carbocycles. The molecule has 1 heterocycles. The van der Waals surface area contributed by atoms with E-state index in [-0.39, 0.29) is 12.0 Å². The van der Waals surface area contributed by atoms with E-state index in [1.165, 1.54) is 23.4 Å². The molecule has 0 saturated heterocycles. The number of rotatable bonds is 6. The Labute approximate surface area is 158 Å². The van der Waals surface area contributed by atoms with Crippen molar-refractivity contribution in [2.75, 3.05) is 12.9 Å². The topological polar surface area (TPSA) is 87.2 Å². The summed E-state index contributed by atoms with van der Waals surface area (Å²) < 4.78 is 6.65. The van der Waals surface area contributed by atoms with Gasteiger partial charge in [0, 0.05) is 12.2 Å². The Morgan fingerprint density at radius 3 is 2.77 bits per heavy atom. The van der Waals surface area contributed by atoms with Crippen molar-refractivity contribution in [3.8, 4) is 11.4 Å². The molecule has 8 heteroatoms. The number of nitrogens with zero attached hydrogens (tertiary/aromatic N) is 2. The molecule has 1 aromatic heterocycles.